The van der Waals surface area contributed by atoms with Crippen molar-refractivity contribution >= 4 is 52.6 Å². The maximum atomic E-state index is 12.9. The minimum atomic E-state index is -0.370. The molecule has 0 atom stereocenters. The van der Waals surface area contributed by atoms with Crippen LogP contribution in [0.4, 0.5) is 5.69 Å². The lowest BCUT2D eigenvalue weighted by Crippen LogP contribution is -2.21. The minimum Gasteiger partial charge on any atom is -0.462 e. The summed E-state index contributed by atoms with van der Waals surface area (Å²) in [6, 6.07) is 15.4. The highest BCUT2D eigenvalue weighted by atomic mass is 35.5. The Morgan fingerprint density at radius 1 is 1.09 bits per heavy atom. The van der Waals surface area contributed by atoms with Gasteiger partial charge in [0.1, 0.15) is 11.5 Å². The van der Waals surface area contributed by atoms with Gasteiger partial charge >= 0.3 is 5.97 Å². The summed E-state index contributed by atoms with van der Waals surface area (Å²) in [7, 11) is 0. The molecule has 0 fully saturated rings. The zero-order valence-electron chi connectivity index (χ0n) is 17.3. The SMILES string of the molecule is CCOC(=O)c1ccc(-c2ccc(/C=C3\C(=O)N(c4ccc(Cl)c(Cl)c4)N=C3C)o2)cc1. The molecule has 32 heavy (non-hydrogen) atoms. The topological polar surface area (TPSA) is 72.1 Å². The van der Waals surface area contributed by atoms with Crippen LogP contribution in [-0.4, -0.2) is 24.2 Å². The van der Waals surface area contributed by atoms with Gasteiger partial charge in [0.05, 0.1) is 39.2 Å². The summed E-state index contributed by atoms with van der Waals surface area (Å²) in [5.41, 5.74) is 2.75. The zero-order chi connectivity index (χ0) is 22.8. The van der Waals surface area contributed by atoms with Crippen LogP contribution in [0.1, 0.15) is 30.0 Å². The Balaban J connectivity index is 1.55. The Hall–Kier alpha value is -3.35. The standard InChI is InChI=1S/C24H18Cl2N2O4/c1-3-31-24(30)16-6-4-15(5-7-16)22-11-9-18(32-22)13-19-14(2)27-28(23(19)29)17-8-10-20(25)21(26)12-17/h4-13H,3H2,1-2H3/b19-13-. The first kappa shape index (κ1) is 21.9. The quantitative estimate of drug-likeness (QED) is 0.328. The van der Waals surface area contributed by atoms with E-state index in [0.717, 1.165) is 5.56 Å². The van der Waals surface area contributed by atoms with E-state index in [2.05, 4.69) is 5.10 Å². The minimum absolute atomic E-state index is 0.294. The first-order chi connectivity index (χ1) is 15.4. The largest absolute Gasteiger partial charge is 0.462 e. The smallest absolute Gasteiger partial charge is 0.338 e. The Bertz CT molecular complexity index is 1260. The number of hydrogen-bond donors (Lipinski definition) is 0. The van der Waals surface area contributed by atoms with Crippen LogP contribution in [0, 0.1) is 0 Å². The van der Waals surface area contributed by atoms with Gasteiger partial charge in [0.25, 0.3) is 5.91 Å². The number of ether oxygens (including phenoxy) is 1. The van der Waals surface area contributed by atoms with Crippen molar-refractivity contribution in [2.75, 3.05) is 11.6 Å². The molecule has 0 bridgehead atoms. The van der Waals surface area contributed by atoms with E-state index in [-0.39, 0.29) is 11.9 Å². The molecule has 4 rings (SSSR count). The highest BCUT2D eigenvalue weighted by Crippen LogP contribution is 2.31. The van der Waals surface area contributed by atoms with E-state index in [4.69, 9.17) is 32.4 Å². The number of esters is 1. The number of hydrogen-bond acceptors (Lipinski definition) is 5. The van der Waals surface area contributed by atoms with Crippen LogP contribution in [0.2, 0.25) is 10.0 Å². The van der Waals surface area contributed by atoms with Crippen molar-refractivity contribution in [1.29, 1.82) is 0 Å². The molecule has 0 unspecified atom stereocenters. The first-order valence-electron chi connectivity index (χ1n) is 9.81. The highest BCUT2D eigenvalue weighted by molar-refractivity contribution is 6.42. The average Bonchev–Trinajstić information content (AvgIpc) is 3.36. The van der Waals surface area contributed by atoms with Gasteiger partial charge in [-0.1, -0.05) is 35.3 Å². The summed E-state index contributed by atoms with van der Waals surface area (Å²) in [5.74, 6) is 0.444. The maximum absolute atomic E-state index is 12.9. The normalized spacial score (nSPS) is 14.8. The van der Waals surface area contributed by atoms with Gasteiger partial charge in [0.2, 0.25) is 0 Å². The molecule has 2 heterocycles. The second-order valence-corrected chi connectivity index (χ2v) is 7.77. The third-order valence-corrected chi connectivity index (χ3v) is 5.54. The molecule has 1 amide bonds. The van der Waals surface area contributed by atoms with Crippen molar-refractivity contribution in [2.45, 2.75) is 13.8 Å². The Labute approximate surface area is 194 Å². The summed E-state index contributed by atoms with van der Waals surface area (Å²) in [4.78, 5) is 24.7. The van der Waals surface area contributed by atoms with E-state index >= 15 is 0 Å². The van der Waals surface area contributed by atoms with Gasteiger partial charge in [-0.15, -0.1) is 0 Å². The van der Waals surface area contributed by atoms with Crippen LogP contribution in [0.15, 0.2) is 69.7 Å². The van der Waals surface area contributed by atoms with Crippen molar-refractivity contribution in [1.82, 2.24) is 0 Å². The number of nitrogens with zero attached hydrogens (tertiary/aromatic N) is 2. The predicted octanol–water partition coefficient (Wildman–Crippen LogP) is 6.24. The summed E-state index contributed by atoms with van der Waals surface area (Å²) in [6.45, 7) is 3.83. The number of benzene rings is 2. The Morgan fingerprint density at radius 2 is 1.84 bits per heavy atom. The zero-order valence-corrected chi connectivity index (χ0v) is 18.8. The van der Waals surface area contributed by atoms with Gasteiger partial charge in [0, 0.05) is 5.56 Å². The molecule has 8 heteroatoms. The van der Waals surface area contributed by atoms with Gasteiger partial charge in [0.15, 0.2) is 0 Å². The lowest BCUT2D eigenvalue weighted by atomic mass is 10.1. The van der Waals surface area contributed by atoms with Crippen LogP contribution < -0.4 is 5.01 Å². The molecule has 162 valence electrons. The number of carbonyl (C=O) groups excluding carboxylic acids is 2. The molecule has 2 aromatic carbocycles. The van der Waals surface area contributed by atoms with Crippen LogP contribution >= 0.6 is 23.2 Å². The van der Waals surface area contributed by atoms with Crippen molar-refractivity contribution in [2.24, 2.45) is 5.10 Å². The van der Waals surface area contributed by atoms with E-state index in [9.17, 15) is 9.59 Å². The molecule has 3 aromatic rings. The maximum Gasteiger partial charge on any atom is 0.338 e. The van der Waals surface area contributed by atoms with Crippen molar-refractivity contribution in [3.05, 3.63) is 81.5 Å². The highest BCUT2D eigenvalue weighted by Gasteiger charge is 2.29. The number of anilines is 1. The van der Waals surface area contributed by atoms with Crippen molar-refractivity contribution in [3.63, 3.8) is 0 Å². The second-order valence-electron chi connectivity index (χ2n) is 6.96. The third kappa shape index (κ3) is 4.33. The number of hydrazone groups is 1. The van der Waals surface area contributed by atoms with Crippen molar-refractivity contribution < 1.29 is 18.7 Å². The lowest BCUT2D eigenvalue weighted by molar-refractivity contribution is -0.114. The van der Waals surface area contributed by atoms with Gasteiger partial charge in [-0.25, -0.2) is 4.79 Å². The number of rotatable bonds is 5. The van der Waals surface area contributed by atoms with Crippen LogP contribution in [0.5, 0.6) is 0 Å². The van der Waals surface area contributed by atoms with Gasteiger partial charge in [-0.05, 0) is 62.4 Å². The van der Waals surface area contributed by atoms with E-state index in [1.165, 1.54) is 5.01 Å². The van der Waals surface area contributed by atoms with Gasteiger partial charge in [-0.2, -0.15) is 10.1 Å². The molecule has 0 saturated carbocycles. The summed E-state index contributed by atoms with van der Waals surface area (Å²) >= 11 is 12.0. The molecule has 0 radical (unpaired) electrons. The molecular formula is C24H18Cl2N2O4. The van der Waals surface area contributed by atoms with Gasteiger partial charge in [-0.3, -0.25) is 4.79 Å². The molecule has 0 aliphatic carbocycles. The van der Waals surface area contributed by atoms with E-state index in [0.29, 0.717) is 50.7 Å². The third-order valence-electron chi connectivity index (χ3n) is 4.80. The van der Waals surface area contributed by atoms with E-state index in [1.54, 1.807) is 74.5 Å². The Morgan fingerprint density at radius 3 is 2.53 bits per heavy atom. The van der Waals surface area contributed by atoms with Gasteiger partial charge < -0.3 is 9.15 Å². The fourth-order valence-electron chi connectivity index (χ4n) is 3.19. The monoisotopic (exact) mass is 468 g/mol. The summed E-state index contributed by atoms with van der Waals surface area (Å²) in [6.07, 6.45) is 1.65. The molecule has 1 aliphatic heterocycles. The van der Waals surface area contributed by atoms with E-state index < -0.39 is 0 Å². The molecular weight excluding hydrogens is 451 g/mol. The Kier molecular flexibility index (Phi) is 6.17. The summed E-state index contributed by atoms with van der Waals surface area (Å²) in [5, 5.41) is 6.36. The van der Waals surface area contributed by atoms with Crippen LogP contribution in [0.25, 0.3) is 17.4 Å². The van der Waals surface area contributed by atoms with Crippen LogP contribution in [-0.2, 0) is 9.53 Å². The summed E-state index contributed by atoms with van der Waals surface area (Å²) < 4.78 is 10.9. The van der Waals surface area contributed by atoms with E-state index in [1.807, 2.05) is 0 Å². The fourth-order valence-corrected chi connectivity index (χ4v) is 3.48. The van der Waals surface area contributed by atoms with Crippen LogP contribution in [0.3, 0.4) is 0 Å². The fraction of sp³-hybridized carbons (Fsp3) is 0.125. The molecule has 6 nitrogen and oxygen atoms in total. The molecule has 1 aromatic heterocycles. The number of amides is 1. The molecule has 1 aliphatic rings. The lowest BCUT2D eigenvalue weighted by Gasteiger charge is -2.12. The number of carbonyl (C=O) groups is 2. The molecule has 0 saturated heterocycles. The predicted molar refractivity (Wildman–Crippen MR) is 125 cm³/mol. The second kappa shape index (κ2) is 9.02. The van der Waals surface area contributed by atoms with Crippen molar-refractivity contribution in [3.8, 4) is 11.3 Å². The molecule has 0 N–H and O–H groups in total. The molecule has 0 spiro atoms. The number of halogens is 2. The average molecular weight is 469 g/mol. The first-order valence-corrected chi connectivity index (χ1v) is 10.6. The number of furan rings is 1.